The first kappa shape index (κ1) is 32.7. The minimum absolute atomic E-state index is 0.0139. The number of furan rings is 1. The summed E-state index contributed by atoms with van der Waals surface area (Å²) in [5, 5.41) is 4.82. The molecule has 1 saturated heterocycles. The smallest absolute Gasteiger partial charge is 0.416 e. The maximum absolute atomic E-state index is 13.2. The van der Waals surface area contributed by atoms with E-state index in [-0.39, 0.29) is 22.8 Å². The molecule has 0 aliphatic carbocycles. The number of carbonyl (C=O) groups excluding carboxylic acids is 2. The Labute approximate surface area is 277 Å². The SMILES string of the molecule is CN1CCN(C(=O)c2ccc(-c3ccc(C(=O)Nc4nc(-c5cccc(C#Cc6cc(CF)cc(C(F)(F)F)c6)c5)cs4)o3)cc2)CC1. The Morgan fingerprint density at radius 1 is 0.917 bits per heavy atom. The van der Waals surface area contributed by atoms with Crippen LogP contribution in [0.25, 0.3) is 22.6 Å². The lowest BCUT2D eigenvalue weighted by atomic mass is 10.0. The maximum Gasteiger partial charge on any atom is 0.416 e. The van der Waals surface area contributed by atoms with Crippen LogP contribution in [0.2, 0.25) is 0 Å². The first-order valence-corrected chi connectivity index (χ1v) is 15.8. The minimum atomic E-state index is -4.61. The number of carbonyl (C=O) groups is 2. The average Bonchev–Trinajstić information content (AvgIpc) is 3.78. The molecule has 12 heteroatoms. The van der Waals surface area contributed by atoms with Gasteiger partial charge < -0.3 is 14.2 Å². The Balaban J connectivity index is 1.10. The number of thiazole rings is 1. The van der Waals surface area contributed by atoms with Gasteiger partial charge in [-0.15, -0.1) is 11.3 Å². The molecular weight excluding hydrogens is 644 g/mol. The zero-order chi connectivity index (χ0) is 33.8. The van der Waals surface area contributed by atoms with Gasteiger partial charge in [-0.2, -0.15) is 13.2 Å². The first-order chi connectivity index (χ1) is 23.1. The number of alkyl halides is 4. The Hall–Kier alpha value is -5.25. The number of likely N-dealkylation sites (N-methyl/N-ethyl adjacent to an activating group) is 1. The molecule has 0 unspecified atom stereocenters. The molecule has 1 fully saturated rings. The van der Waals surface area contributed by atoms with Crippen LogP contribution in [0.15, 0.2) is 88.7 Å². The normalized spacial score (nSPS) is 13.6. The van der Waals surface area contributed by atoms with Crippen molar-refractivity contribution in [2.24, 2.45) is 0 Å². The summed E-state index contributed by atoms with van der Waals surface area (Å²) in [6.07, 6.45) is -4.61. The third kappa shape index (κ3) is 7.65. The molecule has 5 aromatic rings. The summed E-state index contributed by atoms with van der Waals surface area (Å²) in [4.78, 5) is 34.3. The quantitative estimate of drug-likeness (QED) is 0.149. The number of aromatic nitrogens is 1. The number of hydrogen-bond donors (Lipinski definition) is 1. The van der Waals surface area contributed by atoms with Crippen molar-refractivity contribution in [2.45, 2.75) is 12.9 Å². The van der Waals surface area contributed by atoms with E-state index in [1.807, 2.05) is 11.9 Å². The van der Waals surface area contributed by atoms with E-state index in [2.05, 4.69) is 27.0 Å². The molecule has 1 N–H and O–H groups in total. The highest BCUT2D eigenvalue weighted by Gasteiger charge is 2.31. The fourth-order valence-electron chi connectivity index (χ4n) is 5.11. The molecule has 48 heavy (non-hydrogen) atoms. The van der Waals surface area contributed by atoms with E-state index >= 15 is 0 Å². The number of hydrogen-bond acceptors (Lipinski definition) is 6. The topological polar surface area (TPSA) is 78.7 Å². The number of benzene rings is 3. The molecule has 2 amide bonds. The summed E-state index contributed by atoms with van der Waals surface area (Å²) >= 11 is 1.21. The molecular formula is C36H28F4N4O3S. The molecule has 0 saturated carbocycles. The largest absolute Gasteiger partial charge is 0.451 e. The van der Waals surface area contributed by atoms with Crippen molar-refractivity contribution in [1.82, 2.24) is 14.8 Å². The Bertz CT molecular complexity index is 2020. The highest BCUT2D eigenvalue weighted by atomic mass is 32.1. The minimum Gasteiger partial charge on any atom is -0.451 e. The molecule has 0 radical (unpaired) electrons. The summed E-state index contributed by atoms with van der Waals surface area (Å²) in [5.41, 5.74) is 2.07. The number of piperazine rings is 1. The van der Waals surface area contributed by atoms with E-state index in [9.17, 15) is 27.2 Å². The fraction of sp³-hybridized carbons (Fsp3) is 0.194. The lowest BCUT2D eigenvalue weighted by molar-refractivity contribution is -0.137. The summed E-state index contributed by atoms with van der Waals surface area (Å²) < 4.78 is 58.6. The van der Waals surface area contributed by atoms with Crippen molar-refractivity contribution in [1.29, 1.82) is 0 Å². The Kier molecular flexibility index (Phi) is 9.43. The average molecular weight is 673 g/mol. The van der Waals surface area contributed by atoms with Crippen LogP contribution in [0.4, 0.5) is 22.7 Å². The van der Waals surface area contributed by atoms with Gasteiger partial charge in [0.1, 0.15) is 12.4 Å². The second-order valence-corrected chi connectivity index (χ2v) is 12.1. The van der Waals surface area contributed by atoms with Crippen LogP contribution < -0.4 is 5.32 Å². The molecule has 0 atom stereocenters. The fourth-order valence-corrected chi connectivity index (χ4v) is 5.83. The van der Waals surface area contributed by atoms with Gasteiger partial charge in [0.25, 0.3) is 11.8 Å². The first-order valence-electron chi connectivity index (χ1n) is 14.9. The molecule has 1 aliphatic heterocycles. The number of nitrogens with one attached hydrogen (secondary N) is 1. The standard InChI is InChI=1S/C36H28F4N4O3S/c1-43-13-15-44(16-14-43)34(46)27-9-7-26(8-10-27)31-11-12-32(47-31)33(45)42-35-41-30(22-48-35)28-4-2-3-23(18-28)5-6-24-17-25(21-37)20-29(19-24)36(38,39)40/h2-4,7-12,17-20,22H,13-16,21H2,1H3,(H,41,42,45). The van der Waals surface area contributed by atoms with E-state index in [1.54, 1.807) is 66.0 Å². The van der Waals surface area contributed by atoms with Crippen molar-refractivity contribution >= 4 is 28.3 Å². The second kappa shape index (κ2) is 13.9. The van der Waals surface area contributed by atoms with Crippen molar-refractivity contribution in [2.75, 3.05) is 38.5 Å². The highest BCUT2D eigenvalue weighted by molar-refractivity contribution is 7.14. The van der Waals surface area contributed by atoms with Crippen LogP contribution in [0.5, 0.6) is 0 Å². The van der Waals surface area contributed by atoms with Crippen LogP contribution in [-0.2, 0) is 12.9 Å². The predicted molar refractivity (Wildman–Crippen MR) is 175 cm³/mol. The van der Waals surface area contributed by atoms with Gasteiger partial charge in [-0.25, -0.2) is 9.37 Å². The molecule has 3 heterocycles. The molecule has 244 valence electrons. The monoisotopic (exact) mass is 672 g/mol. The molecule has 0 spiro atoms. The van der Waals surface area contributed by atoms with Gasteiger partial charge in [-0.1, -0.05) is 36.1 Å². The number of halogens is 4. The van der Waals surface area contributed by atoms with Crippen LogP contribution in [-0.4, -0.2) is 59.8 Å². The van der Waals surface area contributed by atoms with E-state index in [1.165, 1.54) is 17.4 Å². The van der Waals surface area contributed by atoms with Crippen molar-refractivity contribution in [3.05, 3.63) is 118 Å². The van der Waals surface area contributed by atoms with Crippen LogP contribution >= 0.6 is 11.3 Å². The molecule has 3 aromatic carbocycles. The summed E-state index contributed by atoms with van der Waals surface area (Å²) in [6.45, 7) is 2.02. The lowest BCUT2D eigenvalue weighted by Gasteiger charge is -2.32. The summed E-state index contributed by atoms with van der Waals surface area (Å²) in [7, 11) is 2.03. The predicted octanol–water partition coefficient (Wildman–Crippen LogP) is 7.60. The van der Waals surface area contributed by atoms with Gasteiger partial charge in [0.2, 0.25) is 0 Å². The van der Waals surface area contributed by atoms with E-state index in [0.717, 1.165) is 30.8 Å². The highest BCUT2D eigenvalue weighted by Crippen LogP contribution is 2.31. The van der Waals surface area contributed by atoms with E-state index in [4.69, 9.17) is 4.42 Å². The third-order valence-corrected chi connectivity index (χ3v) is 8.50. The molecule has 2 aromatic heterocycles. The third-order valence-electron chi connectivity index (χ3n) is 7.75. The molecule has 7 nitrogen and oxygen atoms in total. The van der Waals surface area contributed by atoms with Gasteiger partial charge in [0.05, 0.1) is 11.3 Å². The Morgan fingerprint density at radius 3 is 2.40 bits per heavy atom. The van der Waals surface area contributed by atoms with Gasteiger partial charge in [0, 0.05) is 59.4 Å². The number of amides is 2. The zero-order valence-electron chi connectivity index (χ0n) is 25.6. The summed E-state index contributed by atoms with van der Waals surface area (Å²) in [6, 6.07) is 20.2. The van der Waals surface area contributed by atoms with Crippen molar-refractivity contribution < 1.29 is 31.6 Å². The number of anilines is 1. The van der Waals surface area contributed by atoms with E-state index in [0.29, 0.717) is 46.4 Å². The molecule has 0 bridgehead atoms. The molecule has 1 aliphatic rings. The van der Waals surface area contributed by atoms with Crippen LogP contribution in [0.1, 0.15) is 43.2 Å². The molecule has 6 rings (SSSR count). The zero-order valence-corrected chi connectivity index (χ0v) is 26.4. The number of nitrogens with zero attached hydrogens (tertiary/aromatic N) is 3. The van der Waals surface area contributed by atoms with Crippen molar-refractivity contribution in [3.63, 3.8) is 0 Å². The second-order valence-electron chi connectivity index (χ2n) is 11.2. The lowest BCUT2D eigenvalue weighted by Crippen LogP contribution is -2.47. The van der Waals surface area contributed by atoms with Gasteiger partial charge in [0.15, 0.2) is 10.9 Å². The Morgan fingerprint density at radius 2 is 1.67 bits per heavy atom. The van der Waals surface area contributed by atoms with Gasteiger partial charge in [-0.3, -0.25) is 14.9 Å². The number of rotatable bonds is 6. The van der Waals surface area contributed by atoms with Crippen LogP contribution in [0.3, 0.4) is 0 Å². The van der Waals surface area contributed by atoms with Gasteiger partial charge >= 0.3 is 6.18 Å². The van der Waals surface area contributed by atoms with E-state index < -0.39 is 24.3 Å². The summed E-state index contributed by atoms with van der Waals surface area (Å²) in [5.74, 6) is 5.59. The van der Waals surface area contributed by atoms with Crippen LogP contribution in [0, 0.1) is 11.8 Å². The van der Waals surface area contributed by atoms with Gasteiger partial charge in [-0.05, 0) is 67.2 Å². The maximum atomic E-state index is 13.2. The van der Waals surface area contributed by atoms with Crippen molar-refractivity contribution in [3.8, 4) is 34.4 Å².